The van der Waals surface area contributed by atoms with Crippen LogP contribution in [0.3, 0.4) is 0 Å². The first-order valence-electron chi connectivity index (χ1n) is 15.0. The summed E-state index contributed by atoms with van der Waals surface area (Å²) in [6, 6.07) is 0. The third-order valence-electron chi connectivity index (χ3n) is 13.6. The van der Waals surface area contributed by atoms with Crippen molar-refractivity contribution in [1.29, 1.82) is 0 Å². The molecule has 4 heteroatoms. The maximum absolute atomic E-state index is 12.0. The van der Waals surface area contributed by atoms with Crippen LogP contribution in [0.1, 0.15) is 120 Å². The van der Waals surface area contributed by atoms with Crippen molar-refractivity contribution < 1.29 is 19.7 Å². The highest BCUT2D eigenvalue weighted by molar-refractivity contribution is 5.20. The molecule has 0 aromatic carbocycles. The second kappa shape index (κ2) is 9.20. The minimum atomic E-state index is -0.281. The number of fused-ring (bicyclic) bond motifs is 5. The zero-order valence-electron chi connectivity index (χ0n) is 25.2. The summed E-state index contributed by atoms with van der Waals surface area (Å²) in [6.07, 6.45) is 10.2. The lowest BCUT2D eigenvalue weighted by molar-refractivity contribution is -0.247. The van der Waals surface area contributed by atoms with E-state index < -0.39 is 0 Å². The van der Waals surface area contributed by atoms with Crippen molar-refractivity contribution in [1.82, 2.24) is 0 Å². The molecule has 2 N–H and O–H groups in total. The number of methoxy groups -OCH3 is 2. The lowest BCUT2D eigenvalue weighted by atomic mass is 9.35. The molecular formula is C32H58O4. The van der Waals surface area contributed by atoms with Crippen LogP contribution in [0.25, 0.3) is 0 Å². The standard InChI is InChI=1S/C32H58O4/c1-27(2,35-9)15-11-16-32(8,36-10)21-12-18-31(7)26(21)22(33)20-24-29(5)17-14-25(34)28(3,4)23(29)13-19-30(24,31)6/h21-26,33-34H,11-20H2,1-10H3/t21?,22-,23?,24?,25+,26?,29+,30-,31-,32+/m1/s1. The van der Waals surface area contributed by atoms with E-state index in [-0.39, 0.29) is 51.0 Å². The highest BCUT2D eigenvalue weighted by Crippen LogP contribution is 2.75. The van der Waals surface area contributed by atoms with Crippen LogP contribution in [0.4, 0.5) is 0 Å². The highest BCUT2D eigenvalue weighted by Gasteiger charge is 2.71. The van der Waals surface area contributed by atoms with Crippen molar-refractivity contribution in [3.63, 3.8) is 0 Å². The maximum atomic E-state index is 12.0. The average molecular weight is 507 g/mol. The molecule has 0 radical (unpaired) electrons. The zero-order chi connectivity index (χ0) is 26.9. The first-order valence-corrected chi connectivity index (χ1v) is 15.0. The van der Waals surface area contributed by atoms with E-state index in [2.05, 4.69) is 55.4 Å². The van der Waals surface area contributed by atoms with E-state index in [4.69, 9.17) is 9.47 Å². The largest absolute Gasteiger partial charge is 0.393 e. The molecule has 4 aliphatic carbocycles. The van der Waals surface area contributed by atoms with Gasteiger partial charge in [-0.1, -0.05) is 34.6 Å². The van der Waals surface area contributed by atoms with Crippen LogP contribution in [0.15, 0.2) is 0 Å². The molecule has 0 aromatic heterocycles. The first-order chi connectivity index (χ1) is 16.5. The molecule has 0 saturated heterocycles. The van der Waals surface area contributed by atoms with Crippen LogP contribution in [-0.2, 0) is 9.47 Å². The molecule has 0 bridgehead atoms. The molecule has 0 amide bonds. The number of aliphatic hydroxyl groups is 2. The van der Waals surface area contributed by atoms with Gasteiger partial charge in [0.25, 0.3) is 0 Å². The molecule has 210 valence electrons. The Hall–Kier alpha value is -0.160. The van der Waals surface area contributed by atoms with Gasteiger partial charge in [-0.3, -0.25) is 0 Å². The Morgan fingerprint density at radius 3 is 2.03 bits per heavy atom. The fourth-order valence-electron chi connectivity index (χ4n) is 10.8. The van der Waals surface area contributed by atoms with Crippen molar-refractivity contribution in [2.45, 2.75) is 143 Å². The zero-order valence-corrected chi connectivity index (χ0v) is 25.2. The van der Waals surface area contributed by atoms with E-state index in [1.165, 1.54) is 19.3 Å². The molecule has 4 rings (SSSR count). The number of aliphatic hydroxyl groups excluding tert-OH is 2. The molecule has 10 atom stereocenters. The van der Waals surface area contributed by atoms with E-state index in [0.29, 0.717) is 17.8 Å². The second-order valence-electron chi connectivity index (χ2n) is 15.7. The Balaban J connectivity index is 1.63. The minimum Gasteiger partial charge on any atom is -0.393 e. The van der Waals surface area contributed by atoms with E-state index >= 15 is 0 Å². The average Bonchev–Trinajstić information content (AvgIpc) is 3.19. The van der Waals surface area contributed by atoms with E-state index in [9.17, 15) is 10.2 Å². The number of hydrogen-bond donors (Lipinski definition) is 2. The van der Waals surface area contributed by atoms with Gasteiger partial charge in [-0.05, 0) is 130 Å². The van der Waals surface area contributed by atoms with Crippen molar-refractivity contribution in [3.8, 4) is 0 Å². The molecular weight excluding hydrogens is 448 g/mol. The number of hydrogen-bond acceptors (Lipinski definition) is 4. The van der Waals surface area contributed by atoms with Crippen molar-refractivity contribution in [2.24, 2.45) is 45.3 Å². The molecule has 4 fully saturated rings. The Labute approximate surface area is 222 Å². The lowest BCUT2D eigenvalue weighted by Gasteiger charge is -2.70. The molecule has 4 saturated carbocycles. The van der Waals surface area contributed by atoms with Gasteiger partial charge in [0, 0.05) is 14.2 Å². The predicted octanol–water partition coefficient (Wildman–Crippen LogP) is 7.00. The van der Waals surface area contributed by atoms with Crippen LogP contribution < -0.4 is 0 Å². The topological polar surface area (TPSA) is 58.9 Å². The highest BCUT2D eigenvalue weighted by atomic mass is 16.5. The monoisotopic (exact) mass is 506 g/mol. The van der Waals surface area contributed by atoms with Crippen molar-refractivity contribution >= 4 is 0 Å². The summed E-state index contributed by atoms with van der Waals surface area (Å²) in [5.41, 5.74) is 0.106. The molecule has 0 heterocycles. The van der Waals surface area contributed by atoms with Crippen molar-refractivity contribution in [3.05, 3.63) is 0 Å². The predicted molar refractivity (Wildman–Crippen MR) is 147 cm³/mol. The molecule has 0 aromatic rings. The summed E-state index contributed by atoms with van der Waals surface area (Å²) in [6.45, 7) is 18.9. The summed E-state index contributed by atoms with van der Waals surface area (Å²) in [7, 11) is 3.69. The van der Waals surface area contributed by atoms with Gasteiger partial charge in [-0.15, -0.1) is 0 Å². The van der Waals surface area contributed by atoms with Gasteiger partial charge in [-0.25, -0.2) is 0 Å². The lowest BCUT2D eigenvalue weighted by Crippen LogP contribution is -2.66. The Bertz CT molecular complexity index is 808. The van der Waals surface area contributed by atoms with Gasteiger partial charge >= 0.3 is 0 Å². The first kappa shape index (κ1) is 28.8. The Kier molecular flexibility index (Phi) is 7.37. The number of ether oxygens (including phenoxy) is 2. The fourth-order valence-corrected chi connectivity index (χ4v) is 10.8. The normalized spacial score (nSPS) is 48.0. The van der Waals surface area contributed by atoms with E-state index in [1.807, 2.05) is 7.11 Å². The van der Waals surface area contributed by atoms with Crippen molar-refractivity contribution in [2.75, 3.05) is 14.2 Å². The summed E-state index contributed by atoms with van der Waals surface area (Å²) >= 11 is 0. The van der Waals surface area contributed by atoms with Gasteiger partial charge in [0.2, 0.25) is 0 Å². The third-order valence-corrected chi connectivity index (χ3v) is 13.6. The summed E-state index contributed by atoms with van der Waals surface area (Å²) in [5.74, 6) is 1.68. The van der Waals surface area contributed by atoms with Crippen LogP contribution in [-0.4, -0.2) is 47.8 Å². The van der Waals surface area contributed by atoms with Crippen LogP contribution >= 0.6 is 0 Å². The second-order valence-corrected chi connectivity index (χ2v) is 15.7. The van der Waals surface area contributed by atoms with Crippen LogP contribution in [0.2, 0.25) is 0 Å². The Morgan fingerprint density at radius 1 is 0.778 bits per heavy atom. The van der Waals surface area contributed by atoms with Crippen LogP contribution in [0.5, 0.6) is 0 Å². The molecule has 4 aliphatic rings. The molecule has 4 unspecified atom stereocenters. The number of rotatable bonds is 7. The smallest absolute Gasteiger partial charge is 0.0682 e. The minimum absolute atomic E-state index is 0.0557. The summed E-state index contributed by atoms with van der Waals surface area (Å²) < 4.78 is 12.0. The molecule has 4 nitrogen and oxygen atoms in total. The van der Waals surface area contributed by atoms with Gasteiger partial charge in [0.05, 0.1) is 23.4 Å². The fraction of sp³-hybridized carbons (Fsp3) is 1.00. The molecule has 0 spiro atoms. The quantitative estimate of drug-likeness (QED) is 0.390. The SMILES string of the molecule is COC(C)(C)CCC[C@](C)(OC)C1CC[C@]2(C)C1[C@H](O)CC1[C@@]3(C)CC[C@H](O)C(C)(C)C3CC[C@]12C. The van der Waals surface area contributed by atoms with Gasteiger partial charge < -0.3 is 19.7 Å². The third kappa shape index (κ3) is 4.06. The van der Waals surface area contributed by atoms with Gasteiger partial charge in [0.1, 0.15) is 0 Å². The summed E-state index contributed by atoms with van der Waals surface area (Å²) in [5, 5.41) is 22.9. The van der Waals surface area contributed by atoms with Crippen LogP contribution in [0, 0.1) is 45.3 Å². The summed E-state index contributed by atoms with van der Waals surface area (Å²) in [4.78, 5) is 0. The molecule has 0 aliphatic heterocycles. The van der Waals surface area contributed by atoms with E-state index in [1.54, 1.807) is 7.11 Å². The van der Waals surface area contributed by atoms with Gasteiger partial charge in [0.15, 0.2) is 0 Å². The maximum Gasteiger partial charge on any atom is 0.0682 e. The van der Waals surface area contributed by atoms with Gasteiger partial charge in [-0.2, -0.15) is 0 Å². The Morgan fingerprint density at radius 2 is 1.42 bits per heavy atom. The molecule has 36 heavy (non-hydrogen) atoms. The van der Waals surface area contributed by atoms with E-state index in [0.717, 1.165) is 44.9 Å².